The van der Waals surface area contributed by atoms with E-state index < -0.39 is 0 Å². The fourth-order valence-corrected chi connectivity index (χ4v) is 1.59. The molecule has 19 heavy (non-hydrogen) atoms. The highest BCUT2D eigenvalue weighted by atomic mass is 16.7. The first-order valence-electron chi connectivity index (χ1n) is 6.04. The zero-order chi connectivity index (χ0) is 14.7. The van der Waals surface area contributed by atoms with Crippen LogP contribution in [0.2, 0.25) is 0 Å². The van der Waals surface area contributed by atoms with Crippen LogP contribution in [0.1, 0.15) is 0 Å². The Morgan fingerprint density at radius 2 is 0.737 bits per heavy atom. The van der Waals surface area contributed by atoms with Crippen molar-refractivity contribution >= 4 is 0 Å². The third-order valence-electron chi connectivity index (χ3n) is 2.80. The molecule has 0 spiro atoms. The van der Waals surface area contributed by atoms with Crippen LogP contribution in [0, 0.1) is 0 Å². The molecule has 116 valence electrons. The van der Waals surface area contributed by atoms with E-state index in [2.05, 4.69) is 0 Å². The van der Waals surface area contributed by atoms with Crippen molar-refractivity contribution in [3.63, 3.8) is 0 Å². The predicted molar refractivity (Wildman–Crippen MR) is 69.9 cm³/mol. The maximum Gasteiger partial charge on any atom is 0.169 e. The summed E-state index contributed by atoms with van der Waals surface area (Å²) in [6.45, 7) is 1.67. The molecule has 0 fully saturated rings. The Bertz CT molecular complexity index is 161. The lowest BCUT2D eigenvalue weighted by atomic mass is 10.4. The highest BCUT2D eigenvalue weighted by Gasteiger charge is 2.21. The van der Waals surface area contributed by atoms with Crippen LogP contribution in [0.25, 0.3) is 0 Å². The third kappa shape index (κ3) is 7.78. The van der Waals surface area contributed by atoms with E-state index in [4.69, 9.17) is 28.4 Å². The van der Waals surface area contributed by atoms with Gasteiger partial charge in [0.15, 0.2) is 18.9 Å². The van der Waals surface area contributed by atoms with Gasteiger partial charge in [-0.25, -0.2) is 0 Å². The Hall–Kier alpha value is -0.280. The minimum atomic E-state index is -0.330. The van der Waals surface area contributed by atoms with E-state index in [-0.39, 0.29) is 18.9 Å². The van der Waals surface area contributed by atoms with Crippen LogP contribution in [0.4, 0.5) is 0 Å². The molecule has 0 aliphatic rings. The molecular formula is C12H27NO6. The Kier molecular flexibility index (Phi) is 11.4. The van der Waals surface area contributed by atoms with Gasteiger partial charge in [0.2, 0.25) is 0 Å². The lowest BCUT2D eigenvalue weighted by molar-refractivity contribution is -0.166. The average molecular weight is 281 g/mol. The van der Waals surface area contributed by atoms with Crippen molar-refractivity contribution in [2.24, 2.45) is 0 Å². The van der Waals surface area contributed by atoms with Gasteiger partial charge in [0.25, 0.3) is 0 Å². The molecule has 0 aliphatic carbocycles. The van der Waals surface area contributed by atoms with Crippen LogP contribution in [-0.4, -0.2) is 86.1 Å². The molecule has 0 bridgehead atoms. The molecule has 7 heteroatoms. The Morgan fingerprint density at radius 1 is 0.526 bits per heavy atom. The highest BCUT2D eigenvalue weighted by molar-refractivity contribution is 4.64. The van der Waals surface area contributed by atoms with Gasteiger partial charge < -0.3 is 28.4 Å². The summed E-state index contributed by atoms with van der Waals surface area (Å²) in [5.41, 5.74) is 0. The number of hydrogen-bond acceptors (Lipinski definition) is 7. The molecule has 0 amide bonds. The molecule has 0 N–H and O–H groups in total. The predicted octanol–water partition coefficient (Wildman–Crippen LogP) is 0.145. The number of ether oxygens (including phenoxy) is 6. The first kappa shape index (κ1) is 18.7. The molecule has 0 saturated heterocycles. The number of methoxy groups -OCH3 is 6. The van der Waals surface area contributed by atoms with E-state index in [0.717, 1.165) is 0 Å². The summed E-state index contributed by atoms with van der Waals surface area (Å²) in [6, 6.07) is 0. The van der Waals surface area contributed by atoms with Gasteiger partial charge in [-0.05, 0) is 0 Å². The van der Waals surface area contributed by atoms with Crippen molar-refractivity contribution in [1.29, 1.82) is 0 Å². The Morgan fingerprint density at radius 3 is 0.895 bits per heavy atom. The number of hydrogen-bond donors (Lipinski definition) is 0. The maximum atomic E-state index is 5.20. The van der Waals surface area contributed by atoms with Gasteiger partial charge in [-0.1, -0.05) is 0 Å². The summed E-state index contributed by atoms with van der Waals surface area (Å²) in [7, 11) is 9.59. The smallest absolute Gasteiger partial charge is 0.169 e. The normalized spacial score (nSPS) is 12.3. The highest BCUT2D eigenvalue weighted by Crippen LogP contribution is 2.05. The monoisotopic (exact) mass is 281 g/mol. The molecule has 0 aromatic heterocycles. The maximum absolute atomic E-state index is 5.20. The summed E-state index contributed by atoms with van der Waals surface area (Å²) in [6.07, 6.45) is -0.990. The first-order chi connectivity index (χ1) is 9.14. The van der Waals surface area contributed by atoms with Crippen LogP contribution in [0.15, 0.2) is 0 Å². The largest absolute Gasteiger partial charge is 0.355 e. The van der Waals surface area contributed by atoms with Crippen molar-refractivity contribution < 1.29 is 28.4 Å². The zero-order valence-corrected chi connectivity index (χ0v) is 12.8. The summed E-state index contributed by atoms with van der Waals surface area (Å²) in [5, 5.41) is 0. The van der Waals surface area contributed by atoms with Crippen molar-refractivity contribution in [3.05, 3.63) is 0 Å². The van der Waals surface area contributed by atoms with Crippen molar-refractivity contribution in [1.82, 2.24) is 4.90 Å². The summed E-state index contributed by atoms with van der Waals surface area (Å²) in [5.74, 6) is 0. The van der Waals surface area contributed by atoms with Crippen molar-refractivity contribution in [2.45, 2.75) is 18.9 Å². The Labute approximate surface area is 115 Å². The molecule has 0 unspecified atom stereocenters. The fraction of sp³-hybridized carbons (Fsp3) is 1.00. The van der Waals surface area contributed by atoms with E-state index in [0.29, 0.717) is 19.6 Å². The lowest BCUT2D eigenvalue weighted by Crippen LogP contribution is -2.44. The van der Waals surface area contributed by atoms with Crippen LogP contribution >= 0.6 is 0 Å². The number of nitrogens with zero attached hydrogens (tertiary/aromatic N) is 1. The molecule has 0 aliphatic heterocycles. The topological polar surface area (TPSA) is 58.6 Å². The van der Waals surface area contributed by atoms with Gasteiger partial charge in [0.05, 0.1) is 0 Å². The van der Waals surface area contributed by atoms with E-state index in [9.17, 15) is 0 Å². The third-order valence-corrected chi connectivity index (χ3v) is 2.80. The first-order valence-corrected chi connectivity index (χ1v) is 6.04. The van der Waals surface area contributed by atoms with Crippen molar-refractivity contribution in [2.75, 3.05) is 62.3 Å². The van der Waals surface area contributed by atoms with Crippen LogP contribution in [0.5, 0.6) is 0 Å². The molecule has 0 aromatic rings. The zero-order valence-electron chi connectivity index (χ0n) is 12.8. The molecule has 0 radical (unpaired) electrons. The van der Waals surface area contributed by atoms with Crippen LogP contribution < -0.4 is 0 Å². The van der Waals surface area contributed by atoms with Gasteiger partial charge in [-0.2, -0.15) is 0 Å². The summed E-state index contributed by atoms with van der Waals surface area (Å²) in [4.78, 5) is 2.03. The molecule has 7 nitrogen and oxygen atoms in total. The van der Waals surface area contributed by atoms with Crippen LogP contribution in [-0.2, 0) is 28.4 Å². The molecule has 0 heterocycles. The SMILES string of the molecule is COC(CN(CC(OC)OC)CC(OC)OC)OC. The molecule has 0 saturated carbocycles. The van der Waals surface area contributed by atoms with E-state index in [1.54, 1.807) is 42.7 Å². The summed E-state index contributed by atoms with van der Waals surface area (Å²) < 4.78 is 31.2. The molecule has 0 atom stereocenters. The van der Waals surface area contributed by atoms with Gasteiger partial charge in [-0.3, -0.25) is 4.90 Å². The van der Waals surface area contributed by atoms with E-state index in [1.165, 1.54) is 0 Å². The van der Waals surface area contributed by atoms with E-state index >= 15 is 0 Å². The van der Waals surface area contributed by atoms with Crippen molar-refractivity contribution in [3.8, 4) is 0 Å². The fourth-order valence-electron chi connectivity index (χ4n) is 1.59. The number of rotatable bonds is 12. The second-order valence-electron chi connectivity index (χ2n) is 3.92. The van der Waals surface area contributed by atoms with E-state index in [1.807, 2.05) is 4.90 Å². The molecule has 0 aromatic carbocycles. The minimum Gasteiger partial charge on any atom is -0.355 e. The quantitative estimate of drug-likeness (QED) is 0.472. The van der Waals surface area contributed by atoms with Gasteiger partial charge in [0.1, 0.15) is 0 Å². The van der Waals surface area contributed by atoms with Gasteiger partial charge in [0, 0.05) is 62.3 Å². The van der Waals surface area contributed by atoms with Crippen LogP contribution in [0.3, 0.4) is 0 Å². The Balaban J connectivity index is 4.51. The van der Waals surface area contributed by atoms with Gasteiger partial charge >= 0.3 is 0 Å². The standard InChI is InChI=1S/C12H27NO6/c1-14-10(15-2)7-13(8-11(16-3)17-4)9-12(18-5)19-6/h10-12H,7-9H2,1-6H3. The lowest BCUT2D eigenvalue weighted by Gasteiger charge is -2.30. The second-order valence-corrected chi connectivity index (χ2v) is 3.92. The summed E-state index contributed by atoms with van der Waals surface area (Å²) >= 11 is 0. The minimum absolute atomic E-state index is 0.330. The second kappa shape index (κ2) is 11.5. The average Bonchev–Trinajstić information content (AvgIpc) is 2.46. The van der Waals surface area contributed by atoms with Gasteiger partial charge in [-0.15, -0.1) is 0 Å². The molecule has 0 rings (SSSR count). The molecular weight excluding hydrogens is 254 g/mol.